The van der Waals surface area contributed by atoms with Gasteiger partial charge in [-0.25, -0.2) is 4.79 Å². The van der Waals surface area contributed by atoms with Crippen molar-refractivity contribution in [2.75, 3.05) is 0 Å². The minimum atomic E-state index is -0.582. The van der Waals surface area contributed by atoms with Crippen LogP contribution in [0.3, 0.4) is 0 Å². The lowest BCUT2D eigenvalue weighted by atomic mass is 10.1. The third-order valence-electron chi connectivity index (χ3n) is 2.05. The average molecular weight is 287 g/mol. The Kier molecular flexibility index (Phi) is 4.72. The number of nitro benzene ring substituents is 1. The van der Waals surface area contributed by atoms with Crippen LogP contribution in [-0.4, -0.2) is 16.6 Å². The van der Waals surface area contributed by atoms with Crippen LogP contribution >= 0.6 is 11.6 Å². The number of nitro groups is 1. The fourth-order valence-electron chi connectivity index (χ4n) is 1.28. The second-order valence-corrected chi connectivity index (χ2v) is 5.40. The van der Waals surface area contributed by atoms with E-state index in [-0.39, 0.29) is 17.3 Å². The molecule has 104 valence electrons. The van der Waals surface area contributed by atoms with Crippen molar-refractivity contribution in [1.82, 2.24) is 5.32 Å². The van der Waals surface area contributed by atoms with Gasteiger partial charge in [-0.2, -0.15) is 0 Å². The van der Waals surface area contributed by atoms with Crippen LogP contribution in [-0.2, 0) is 11.3 Å². The summed E-state index contributed by atoms with van der Waals surface area (Å²) < 4.78 is 4.96. The van der Waals surface area contributed by atoms with E-state index in [2.05, 4.69) is 5.32 Å². The molecule has 0 saturated carbocycles. The van der Waals surface area contributed by atoms with Gasteiger partial charge in [-0.15, -0.1) is 0 Å². The topological polar surface area (TPSA) is 81.5 Å². The molecular formula is C12H15ClN2O4. The molecule has 0 heterocycles. The molecule has 7 heteroatoms. The molecule has 0 aliphatic heterocycles. The van der Waals surface area contributed by atoms with Crippen molar-refractivity contribution in [2.24, 2.45) is 0 Å². The molecule has 19 heavy (non-hydrogen) atoms. The van der Waals surface area contributed by atoms with Crippen molar-refractivity contribution in [3.63, 3.8) is 0 Å². The highest BCUT2D eigenvalue weighted by Gasteiger charge is 2.16. The summed E-state index contributed by atoms with van der Waals surface area (Å²) in [4.78, 5) is 21.5. The smallest absolute Gasteiger partial charge is 0.407 e. The summed E-state index contributed by atoms with van der Waals surface area (Å²) in [5.74, 6) is 0. The molecule has 0 aromatic heterocycles. The molecule has 0 unspecified atom stereocenters. The number of benzene rings is 1. The number of amides is 1. The van der Waals surface area contributed by atoms with Gasteiger partial charge in [0.05, 0.1) is 4.92 Å². The van der Waals surface area contributed by atoms with Gasteiger partial charge in [0.25, 0.3) is 5.69 Å². The van der Waals surface area contributed by atoms with E-state index in [9.17, 15) is 14.9 Å². The number of hydrogen-bond acceptors (Lipinski definition) is 4. The number of alkyl carbamates (subject to hydrolysis) is 1. The van der Waals surface area contributed by atoms with Crippen LogP contribution in [0, 0.1) is 10.1 Å². The highest BCUT2D eigenvalue weighted by molar-refractivity contribution is 6.32. The van der Waals surface area contributed by atoms with Gasteiger partial charge >= 0.3 is 6.09 Å². The first-order chi connectivity index (χ1) is 8.69. The lowest BCUT2D eigenvalue weighted by Crippen LogP contribution is -2.40. The molecule has 1 aromatic rings. The van der Waals surface area contributed by atoms with Gasteiger partial charge in [0.2, 0.25) is 0 Å². The van der Waals surface area contributed by atoms with E-state index in [1.165, 1.54) is 12.1 Å². The van der Waals surface area contributed by atoms with E-state index in [1.54, 1.807) is 6.07 Å². The molecular weight excluding hydrogens is 272 g/mol. The minimum absolute atomic E-state index is 0.0490. The molecule has 6 nitrogen and oxygen atoms in total. The highest BCUT2D eigenvalue weighted by Crippen LogP contribution is 2.25. The monoisotopic (exact) mass is 286 g/mol. The molecule has 1 N–H and O–H groups in total. The van der Waals surface area contributed by atoms with Crippen LogP contribution in [0.1, 0.15) is 26.3 Å². The Bertz CT molecular complexity index is 497. The SMILES string of the molecule is CC(C)(C)NC(=O)OCc1ccc(Cl)c([N+](=O)[O-])c1. The molecule has 0 radical (unpaired) electrons. The van der Waals surface area contributed by atoms with Crippen LogP contribution in [0.4, 0.5) is 10.5 Å². The van der Waals surface area contributed by atoms with Gasteiger partial charge in [-0.05, 0) is 32.4 Å². The zero-order chi connectivity index (χ0) is 14.6. The Balaban J connectivity index is 2.66. The van der Waals surface area contributed by atoms with Crippen molar-refractivity contribution in [2.45, 2.75) is 32.9 Å². The van der Waals surface area contributed by atoms with Crippen LogP contribution in [0.2, 0.25) is 5.02 Å². The maximum atomic E-state index is 11.4. The third kappa shape index (κ3) is 5.13. The van der Waals surface area contributed by atoms with E-state index in [0.717, 1.165) is 0 Å². The second-order valence-electron chi connectivity index (χ2n) is 4.99. The van der Waals surface area contributed by atoms with Crippen LogP contribution in [0.25, 0.3) is 0 Å². The molecule has 0 aliphatic rings. The molecule has 0 saturated heterocycles. The number of nitrogens with zero attached hydrogens (tertiary/aromatic N) is 1. The van der Waals surface area contributed by atoms with E-state index >= 15 is 0 Å². The first kappa shape index (κ1) is 15.2. The number of halogens is 1. The fraction of sp³-hybridized carbons (Fsp3) is 0.417. The van der Waals surface area contributed by atoms with E-state index < -0.39 is 16.6 Å². The number of nitrogens with one attached hydrogen (secondary N) is 1. The lowest BCUT2D eigenvalue weighted by Gasteiger charge is -2.19. The summed E-state index contributed by atoms with van der Waals surface area (Å²) in [7, 11) is 0. The zero-order valence-electron chi connectivity index (χ0n) is 10.9. The summed E-state index contributed by atoms with van der Waals surface area (Å²) in [6, 6.07) is 4.26. The molecule has 0 spiro atoms. The third-order valence-corrected chi connectivity index (χ3v) is 2.37. The summed E-state index contributed by atoms with van der Waals surface area (Å²) in [6.07, 6.45) is -0.579. The van der Waals surface area contributed by atoms with Crippen molar-refractivity contribution in [3.8, 4) is 0 Å². The Hall–Kier alpha value is -1.82. The normalized spacial score (nSPS) is 10.9. The molecule has 1 amide bonds. The van der Waals surface area contributed by atoms with Gasteiger partial charge < -0.3 is 10.1 Å². The number of hydrogen-bond donors (Lipinski definition) is 1. The van der Waals surface area contributed by atoms with Crippen molar-refractivity contribution in [1.29, 1.82) is 0 Å². The molecule has 1 rings (SSSR count). The number of rotatable bonds is 3. The Morgan fingerprint density at radius 2 is 2.11 bits per heavy atom. The first-order valence-corrected chi connectivity index (χ1v) is 5.94. The summed E-state index contributed by atoms with van der Waals surface area (Å²) in [5, 5.41) is 13.4. The minimum Gasteiger partial charge on any atom is -0.445 e. The number of ether oxygens (including phenoxy) is 1. The maximum absolute atomic E-state index is 11.4. The lowest BCUT2D eigenvalue weighted by molar-refractivity contribution is -0.384. The number of carbonyl (C=O) groups is 1. The van der Waals surface area contributed by atoms with E-state index in [0.29, 0.717) is 5.56 Å². The zero-order valence-corrected chi connectivity index (χ0v) is 11.7. The molecule has 1 aromatic carbocycles. The Morgan fingerprint density at radius 3 is 2.63 bits per heavy atom. The van der Waals surface area contributed by atoms with E-state index in [1.807, 2.05) is 20.8 Å². The molecule has 0 aliphatic carbocycles. The van der Waals surface area contributed by atoms with Gasteiger partial charge in [0.15, 0.2) is 0 Å². The van der Waals surface area contributed by atoms with Gasteiger partial charge in [0.1, 0.15) is 11.6 Å². The van der Waals surface area contributed by atoms with Crippen LogP contribution < -0.4 is 5.32 Å². The Labute approximate surface area is 115 Å². The summed E-state index contributed by atoms with van der Waals surface area (Å²) in [5.41, 5.74) is -0.109. The second kappa shape index (κ2) is 5.88. The standard InChI is InChI=1S/C12H15ClN2O4/c1-12(2,3)14-11(16)19-7-8-4-5-9(13)10(6-8)15(17)18/h4-6H,7H2,1-3H3,(H,14,16). The van der Waals surface area contributed by atoms with Crippen molar-refractivity contribution < 1.29 is 14.5 Å². The van der Waals surface area contributed by atoms with Crippen molar-refractivity contribution in [3.05, 3.63) is 38.9 Å². The van der Waals surface area contributed by atoms with Gasteiger partial charge in [-0.1, -0.05) is 17.7 Å². The fourth-order valence-corrected chi connectivity index (χ4v) is 1.47. The summed E-state index contributed by atoms with van der Waals surface area (Å²) in [6.45, 7) is 5.41. The molecule has 0 fully saturated rings. The van der Waals surface area contributed by atoms with E-state index in [4.69, 9.17) is 16.3 Å². The quantitative estimate of drug-likeness (QED) is 0.683. The Morgan fingerprint density at radius 1 is 1.47 bits per heavy atom. The summed E-state index contributed by atoms with van der Waals surface area (Å²) >= 11 is 5.68. The van der Waals surface area contributed by atoms with Gasteiger partial charge in [0, 0.05) is 11.6 Å². The first-order valence-electron chi connectivity index (χ1n) is 5.57. The van der Waals surface area contributed by atoms with Crippen molar-refractivity contribution >= 4 is 23.4 Å². The highest BCUT2D eigenvalue weighted by atomic mass is 35.5. The predicted octanol–water partition coefficient (Wildman–Crippen LogP) is 3.27. The predicted molar refractivity (Wildman–Crippen MR) is 71.2 cm³/mol. The van der Waals surface area contributed by atoms with Crippen LogP contribution in [0.15, 0.2) is 18.2 Å². The maximum Gasteiger partial charge on any atom is 0.407 e. The largest absolute Gasteiger partial charge is 0.445 e. The van der Waals surface area contributed by atoms with Crippen LogP contribution in [0.5, 0.6) is 0 Å². The molecule has 0 bridgehead atoms. The number of carbonyl (C=O) groups excluding carboxylic acids is 1. The molecule has 0 atom stereocenters. The van der Waals surface area contributed by atoms with Gasteiger partial charge in [-0.3, -0.25) is 10.1 Å². The average Bonchev–Trinajstić information content (AvgIpc) is 2.25.